The Kier molecular flexibility index (Phi) is 4.91. The first kappa shape index (κ1) is 16.3. The van der Waals surface area contributed by atoms with Crippen LogP contribution >= 0.6 is 0 Å². The Morgan fingerprint density at radius 2 is 2.10 bits per heavy atom. The Morgan fingerprint density at radius 3 is 2.67 bits per heavy atom. The van der Waals surface area contributed by atoms with E-state index in [9.17, 15) is 8.42 Å². The van der Waals surface area contributed by atoms with Crippen LogP contribution in [0.15, 0.2) is 17.0 Å². The lowest BCUT2D eigenvalue weighted by molar-refractivity contribution is 0.0947. The van der Waals surface area contributed by atoms with E-state index < -0.39 is 10.0 Å². The fourth-order valence-electron chi connectivity index (χ4n) is 2.70. The second kappa shape index (κ2) is 6.34. The van der Waals surface area contributed by atoms with Gasteiger partial charge in [-0.3, -0.25) is 0 Å². The maximum absolute atomic E-state index is 12.9. The number of aryl methyl sites for hydroxylation is 1. The number of nitrogen functional groups attached to an aromatic ring is 1. The highest BCUT2D eigenvalue weighted by molar-refractivity contribution is 7.89. The number of sulfonamides is 1. The van der Waals surface area contributed by atoms with Crippen molar-refractivity contribution in [3.8, 4) is 0 Å². The first-order chi connectivity index (χ1) is 9.87. The number of hydrogen-bond acceptors (Lipinski definition) is 4. The Morgan fingerprint density at radius 1 is 1.38 bits per heavy atom. The molecule has 2 N–H and O–H groups in total. The molecule has 0 aromatic heterocycles. The Hall–Kier alpha value is -1.11. The van der Waals surface area contributed by atoms with Gasteiger partial charge in [0, 0.05) is 19.7 Å². The molecular weight excluding hydrogens is 288 g/mol. The number of ether oxygens (including phenoxy) is 1. The van der Waals surface area contributed by atoms with Gasteiger partial charge < -0.3 is 10.5 Å². The SMILES string of the molecule is CCN(CC1CCCO1)S(=O)(=O)c1c(N)ccc(C)c1C. The fraction of sp³-hybridized carbons (Fsp3) is 0.600. The molecule has 0 bridgehead atoms. The zero-order valence-corrected chi connectivity index (χ0v) is 13.7. The Bertz CT molecular complexity index is 608. The average Bonchev–Trinajstić information content (AvgIpc) is 2.93. The molecule has 2 rings (SSSR count). The molecule has 1 fully saturated rings. The molecule has 118 valence electrons. The normalized spacial score (nSPS) is 19.3. The summed E-state index contributed by atoms with van der Waals surface area (Å²) in [4.78, 5) is 0.238. The summed E-state index contributed by atoms with van der Waals surface area (Å²) < 4.78 is 32.9. The first-order valence-electron chi connectivity index (χ1n) is 7.35. The maximum Gasteiger partial charge on any atom is 0.245 e. The molecule has 21 heavy (non-hydrogen) atoms. The van der Waals surface area contributed by atoms with E-state index in [1.165, 1.54) is 4.31 Å². The molecule has 1 unspecified atom stereocenters. The van der Waals surface area contributed by atoms with Crippen LogP contribution < -0.4 is 5.73 Å². The van der Waals surface area contributed by atoms with E-state index in [0.717, 1.165) is 24.0 Å². The number of rotatable bonds is 5. The molecule has 1 aliphatic rings. The monoisotopic (exact) mass is 312 g/mol. The topological polar surface area (TPSA) is 72.6 Å². The number of nitrogens with two attached hydrogens (primary N) is 1. The highest BCUT2D eigenvalue weighted by Crippen LogP contribution is 2.29. The zero-order chi connectivity index (χ0) is 15.6. The van der Waals surface area contributed by atoms with Gasteiger partial charge in [0.1, 0.15) is 4.90 Å². The molecule has 5 nitrogen and oxygen atoms in total. The largest absolute Gasteiger partial charge is 0.398 e. The van der Waals surface area contributed by atoms with E-state index in [-0.39, 0.29) is 11.0 Å². The van der Waals surface area contributed by atoms with Gasteiger partial charge in [0.25, 0.3) is 0 Å². The van der Waals surface area contributed by atoms with Gasteiger partial charge in [-0.1, -0.05) is 13.0 Å². The van der Waals surface area contributed by atoms with E-state index in [1.807, 2.05) is 19.9 Å². The number of nitrogens with zero attached hydrogens (tertiary/aromatic N) is 1. The maximum atomic E-state index is 12.9. The number of likely N-dealkylation sites (N-methyl/N-ethyl adjacent to an activating group) is 1. The van der Waals surface area contributed by atoms with Crippen molar-refractivity contribution < 1.29 is 13.2 Å². The summed E-state index contributed by atoms with van der Waals surface area (Å²) in [6, 6.07) is 3.51. The highest BCUT2D eigenvalue weighted by atomic mass is 32.2. The second-order valence-corrected chi connectivity index (χ2v) is 7.39. The van der Waals surface area contributed by atoms with E-state index in [4.69, 9.17) is 10.5 Å². The summed E-state index contributed by atoms with van der Waals surface area (Å²) in [6.45, 7) is 7.06. The average molecular weight is 312 g/mol. The molecule has 0 aliphatic carbocycles. The number of hydrogen-bond donors (Lipinski definition) is 1. The van der Waals surface area contributed by atoms with Crippen LogP contribution in [0, 0.1) is 13.8 Å². The van der Waals surface area contributed by atoms with Crippen LogP contribution in [0.1, 0.15) is 30.9 Å². The van der Waals surface area contributed by atoms with Crippen LogP contribution in [0.4, 0.5) is 5.69 Å². The van der Waals surface area contributed by atoms with E-state index in [0.29, 0.717) is 25.4 Å². The van der Waals surface area contributed by atoms with Gasteiger partial charge in [-0.25, -0.2) is 8.42 Å². The molecule has 1 heterocycles. The Balaban J connectivity index is 2.37. The molecular formula is C15H24N2O3S. The van der Waals surface area contributed by atoms with Gasteiger partial charge in [-0.2, -0.15) is 4.31 Å². The van der Waals surface area contributed by atoms with Gasteiger partial charge in [0.05, 0.1) is 11.8 Å². The third-order valence-electron chi connectivity index (χ3n) is 4.09. The van der Waals surface area contributed by atoms with Crippen molar-refractivity contribution in [1.82, 2.24) is 4.31 Å². The van der Waals surface area contributed by atoms with Crippen molar-refractivity contribution in [1.29, 1.82) is 0 Å². The molecule has 0 radical (unpaired) electrons. The number of anilines is 1. The van der Waals surface area contributed by atoms with Gasteiger partial charge in [-0.15, -0.1) is 0 Å². The lowest BCUT2D eigenvalue weighted by atomic mass is 10.1. The predicted molar refractivity (Wildman–Crippen MR) is 83.7 cm³/mol. The first-order valence-corrected chi connectivity index (χ1v) is 8.79. The second-order valence-electron chi connectivity index (χ2n) is 5.52. The summed E-state index contributed by atoms with van der Waals surface area (Å²) in [5.41, 5.74) is 7.90. The lowest BCUT2D eigenvalue weighted by Gasteiger charge is -2.25. The minimum absolute atomic E-state index is 0.00827. The lowest BCUT2D eigenvalue weighted by Crippen LogP contribution is -2.37. The Labute approximate surface area is 127 Å². The molecule has 0 amide bonds. The van der Waals surface area contributed by atoms with Crippen molar-refractivity contribution in [3.05, 3.63) is 23.3 Å². The van der Waals surface area contributed by atoms with Crippen LogP contribution in [-0.2, 0) is 14.8 Å². The summed E-state index contributed by atoms with van der Waals surface area (Å²) in [5, 5.41) is 0. The number of benzene rings is 1. The quantitative estimate of drug-likeness (QED) is 0.845. The summed E-state index contributed by atoms with van der Waals surface area (Å²) in [5.74, 6) is 0. The van der Waals surface area contributed by atoms with Crippen molar-refractivity contribution in [2.45, 2.75) is 44.6 Å². The summed E-state index contributed by atoms with van der Waals surface area (Å²) in [6.07, 6.45) is 1.90. The highest BCUT2D eigenvalue weighted by Gasteiger charge is 2.30. The molecule has 6 heteroatoms. The van der Waals surface area contributed by atoms with Crippen LogP contribution in [-0.4, -0.2) is 38.5 Å². The zero-order valence-electron chi connectivity index (χ0n) is 12.9. The molecule has 1 aromatic rings. The molecule has 1 saturated heterocycles. The van der Waals surface area contributed by atoms with Crippen molar-refractivity contribution in [2.24, 2.45) is 0 Å². The molecule has 0 spiro atoms. The standard InChI is InChI=1S/C15H24N2O3S/c1-4-17(10-13-6-5-9-20-13)21(18,19)15-12(3)11(2)7-8-14(15)16/h7-8,13H,4-6,9-10,16H2,1-3H3. The smallest absolute Gasteiger partial charge is 0.245 e. The van der Waals surface area contributed by atoms with Crippen LogP contribution in [0.5, 0.6) is 0 Å². The van der Waals surface area contributed by atoms with Crippen molar-refractivity contribution in [2.75, 3.05) is 25.4 Å². The fourth-order valence-corrected chi connectivity index (χ4v) is 4.57. The van der Waals surface area contributed by atoms with Crippen molar-refractivity contribution >= 4 is 15.7 Å². The van der Waals surface area contributed by atoms with Gasteiger partial charge in [-0.05, 0) is 43.9 Å². The van der Waals surface area contributed by atoms with Gasteiger partial charge in [0.2, 0.25) is 10.0 Å². The van der Waals surface area contributed by atoms with Crippen molar-refractivity contribution in [3.63, 3.8) is 0 Å². The van der Waals surface area contributed by atoms with Gasteiger partial charge >= 0.3 is 0 Å². The van der Waals surface area contributed by atoms with Crippen LogP contribution in [0.3, 0.4) is 0 Å². The molecule has 1 aliphatic heterocycles. The third kappa shape index (κ3) is 3.22. The third-order valence-corrected chi connectivity index (χ3v) is 6.23. The molecule has 0 saturated carbocycles. The summed E-state index contributed by atoms with van der Waals surface area (Å²) in [7, 11) is -3.59. The van der Waals surface area contributed by atoms with E-state index >= 15 is 0 Å². The summed E-state index contributed by atoms with van der Waals surface area (Å²) >= 11 is 0. The van der Waals surface area contributed by atoms with Crippen LogP contribution in [0.25, 0.3) is 0 Å². The van der Waals surface area contributed by atoms with E-state index in [2.05, 4.69) is 0 Å². The predicted octanol–water partition coefficient (Wildman–Crippen LogP) is 2.08. The molecule has 1 aromatic carbocycles. The van der Waals surface area contributed by atoms with E-state index in [1.54, 1.807) is 13.0 Å². The van der Waals surface area contributed by atoms with Crippen LogP contribution in [0.2, 0.25) is 0 Å². The molecule has 1 atom stereocenters. The minimum atomic E-state index is -3.59. The minimum Gasteiger partial charge on any atom is -0.398 e. The van der Waals surface area contributed by atoms with Gasteiger partial charge in [0.15, 0.2) is 0 Å².